The number of hydrogen-bond acceptors (Lipinski definition) is 3. The quantitative estimate of drug-likeness (QED) is 0.784. The highest BCUT2D eigenvalue weighted by atomic mass is 35.5. The third-order valence-corrected chi connectivity index (χ3v) is 2.54. The molecule has 0 N–H and O–H groups in total. The molecule has 0 aliphatic rings. The molecule has 0 aliphatic heterocycles. The molecule has 2 rings (SSSR count). The van der Waals surface area contributed by atoms with Crippen LogP contribution in [0.25, 0.3) is 0 Å². The van der Waals surface area contributed by atoms with Crippen molar-refractivity contribution in [2.24, 2.45) is 0 Å². The minimum atomic E-state index is -1.46. The highest BCUT2D eigenvalue weighted by Gasteiger charge is 2.19. The van der Waals surface area contributed by atoms with Gasteiger partial charge in [0.05, 0.1) is 6.20 Å². The van der Waals surface area contributed by atoms with Crippen LogP contribution < -0.4 is 4.74 Å². The number of ether oxygens (including phenoxy) is 1. The second kappa shape index (κ2) is 4.90. The summed E-state index contributed by atoms with van der Waals surface area (Å²) in [6.45, 7) is 2.94. The highest BCUT2D eigenvalue weighted by molar-refractivity contribution is 6.29. The minimum absolute atomic E-state index is 0.336. The van der Waals surface area contributed by atoms with Crippen molar-refractivity contribution >= 4 is 11.6 Å². The molecule has 0 saturated heterocycles. The molecule has 0 fully saturated rings. The largest absolute Gasteiger partial charge is 0.456 e. The maximum atomic E-state index is 13.8. The molecule has 0 saturated carbocycles. The maximum Gasteiger partial charge on any atom is 0.146 e. The van der Waals surface area contributed by atoms with Gasteiger partial charge >= 0.3 is 0 Å². The lowest BCUT2D eigenvalue weighted by molar-refractivity contribution is 0.220. The molecule has 18 heavy (non-hydrogen) atoms. The Bertz CT molecular complexity index is 555. The molecule has 2 aromatic rings. The summed E-state index contributed by atoms with van der Waals surface area (Å²) in [6.07, 6.45) is 4.53. The Morgan fingerprint density at radius 2 is 2.00 bits per heavy atom. The van der Waals surface area contributed by atoms with E-state index in [9.17, 15) is 4.39 Å². The van der Waals surface area contributed by atoms with Crippen molar-refractivity contribution in [3.8, 4) is 11.5 Å². The lowest BCUT2D eigenvalue weighted by atomic mass is 10.0. The summed E-state index contributed by atoms with van der Waals surface area (Å²) in [7, 11) is 0. The molecule has 0 aliphatic carbocycles. The Morgan fingerprint density at radius 3 is 2.67 bits per heavy atom. The van der Waals surface area contributed by atoms with Crippen molar-refractivity contribution in [2.75, 3.05) is 0 Å². The van der Waals surface area contributed by atoms with Crippen LogP contribution in [0, 0.1) is 0 Å². The van der Waals surface area contributed by atoms with Crippen molar-refractivity contribution in [3.63, 3.8) is 0 Å². The monoisotopic (exact) mass is 266 g/mol. The van der Waals surface area contributed by atoms with Gasteiger partial charge in [-0.25, -0.2) is 9.37 Å². The zero-order valence-electron chi connectivity index (χ0n) is 10.0. The van der Waals surface area contributed by atoms with Gasteiger partial charge in [0.2, 0.25) is 0 Å². The first-order chi connectivity index (χ1) is 8.45. The zero-order chi connectivity index (χ0) is 13.2. The highest BCUT2D eigenvalue weighted by Crippen LogP contribution is 2.29. The van der Waals surface area contributed by atoms with Gasteiger partial charge in [-0.15, -0.1) is 0 Å². The lowest BCUT2D eigenvalue weighted by Gasteiger charge is -2.15. The zero-order valence-corrected chi connectivity index (χ0v) is 10.8. The van der Waals surface area contributed by atoms with E-state index in [1.165, 1.54) is 32.4 Å². The maximum absolute atomic E-state index is 13.8. The molecule has 0 aromatic carbocycles. The van der Waals surface area contributed by atoms with Crippen LogP contribution in [0.5, 0.6) is 11.5 Å². The summed E-state index contributed by atoms with van der Waals surface area (Å²) < 4.78 is 19.3. The molecule has 0 atom stereocenters. The van der Waals surface area contributed by atoms with Gasteiger partial charge in [-0.1, -0.05) is 11.6 Å². The van der Waals surface area contributed by atoms with Gasteiger partial charge in [0.25, 0.3) is 0 Å². The van der Waals surface area contributed by atoms with Crippen LogP contribution in [0.15, 0.2) is 36.8 Å². The van der Waals surface area contributed by atoms with E-state index in [2.05, 4.69) is 9.97 Å². The van der Waals surface area contributed by atoms with Gasteiger partial charge in [-0.05, 0) is 26.0 Å². The molecule has 0 unspecified atom stereocenters. The average Bonchev–Trinajstić information content (AvgIpc) is 2.28. The smallest absolute Gasteiger partial charge is 0.146 e. The van der Waals surface area contributed by atoms with Gasteiger partial charge in [0.15, 0.2) is 0 Å². The van der Waals surface area contributed by atoms with Crippen molar-refractivity contribution in [2.45, 2.75) is 19.5 Å². The molecule has 5 heteroatoms. The molecule has 2 heterocycles. The van der Waals surface area contributed by atoms with Crippen molar-refractivity contribution < 1.29 is 9.13 Å². The first-order valence-electron chi connectivity index (χ1n) is 5.39. The second-order valence-corrected chi connectivity index (χ2v) is 4.69. The normalized spacial score (nSPS) is 11.3. The first-order valence-corrected chi connectivity index (χ1v) is 5.77. The van der Waals surface area contributed by atoms with Gasteiger partial charge in [-0.3, -0.25) is 4.98 Å². The van der Waals surface area contributed by atoms with Crippen LogP contribution in [0.3, 0.4) is 0 Å². The Hall–Kier alpha value is -1.68. The molecule has 0 amide bonds. The standard InChI is InChI=1S/C13H12ClFN2O/c1-13(2,15)9-5-11(8-16-7-9)18-10-3-4-17-12(14)6-10/h3-8H,1-2H3. The van der Waals surface area contributed by atoms with E-state index in [1.54, 1.807) is 18.2 Å². The van der Waals surface area contributed by atoms with Gasteiger partial charge < -0.3 is 4.74 Å². The Kier molecular flexibility index (Phi) is 3.48. The lowest BCUT2D eigenvalue weighted by Crippen LogP contribution is -2.09. The fraction of sp³-hybridized carbons (Fsp3) is 0.231. The van der Waals surface area contributed by atoms with Crippen LogP contribution in [0.1, 0.15) is 19.4 Å². The fourth-order valence-electron chi connectivity index (χ4n) is 1.38. The Morgan fingerprint density at radius 1 is 1.22 bits per heavy atom. The van der Waals surface area contributed by atoms with E-state index in [1.807, 2.05) is 0 Å². The van der Waals surface area contributed by atoms with E-state index in [-0.39, 0.29) is 0 Å². The summed E-state index contributed by atoms with van der Waals surface area (Å²) in [4.78, 5) is 7.80. The average molecular weight is 267 g/mol. The predicted octanol–water partition coefficient (Wildman–Crippen LogP) is 4.13. The van der Waals surface area contributed by atoms with Crippen LogP contribution in [-0.4, -0.2) is 9.97 Å². The molecule has 3 nitrogen and oxygen atoms in total. The number of halogens is 2. The summed E-state index contributed by atoms with van der Waals surface area (Å²) in [5, 5.41) is 0.336. The number of nitrogens with zero attached hydrogens (tertiary/aromatic N) is 2. The summed E-state index contributed by atoms with van der Waals surface area (Å²) in [6, 6.07) is 4.86. The minimum Gasteiger partial charge on any atom is -0.456 e. The molecule has 0 radical (unpaired) electrons. The van der Waals surface area contributed by atoms with Crippen LogP contribution in [0.4, 0.5) is 4.39 Å². The fourth-order valence-corrected chi connectivity index (χ4v) is 1.55. The van der Waals surface area contributed by atoms with Gasteiger partial charge in [-0.2, -0.15) is 0 Å². The molecule has 94 valence electrons. The number of hydrogen-bond donors (Lipinski definition) is 0. The summed E-state index contributed by atoms with van der Waals surface area (Å²) in [5.41, 5.74) is -0.998. The Labute approximate surface area is 110 Å². The molecular weight excluding hydrogens is 255 g/mol. The van der Waals surface area contributed by atoms with Crippen LogP contribution in [0.2, 0.25) is 5.15 Å². The number of pyridine rings is 2. The molecule has 0 bridgehead atoms. The van der Waals surface area contributed by atoms with E-state index >= 15 is 0 Å². The Balaban J connectivity index is 2.25. The topological polar surface area (TPSA) is 35.0 Å². The van der Waals surface area contributed by atoms with Crippen molar-refractivity contribution in [1.82, 2.24) is 9.97 Å². The summed E-state index contributed by atoms with van der Waals surface area (Å²) in [5.74, 6) is 0.992. The van der Waals surface area contributed by atoms with E-state index < -0.39 is 5.67 Å². The number of alkyl halides is 1. The van der Waals surface area contributed by atoms with Gasteiger partial charge in [0.1, 0.15) is 22.3 Å². The van der Waals surface area contributed by atoms with Gasteiger partial charge in [0, 0.05) is 24.0 Å². The molecule has 0 spiro atoms. The SMILES string of the molecule is CC(C)(F)c1cncc(Oc2ccnc(Cl)c2)c1. The van der Waals surface area contributed by atoms with E-state index in [4.69, 9.17) is 16.3 Å². The summed E-state index contributed by atoms with van der Waals surface area (Å²) >= 11 is 5.75. The van der Waals surface area contributed by atoms with E-state index in [0.717, 1.165) is 0 Å². The van der Waals surface area contributed by atoms with Crippen molar-refractivity contribution in [3.05, 3.63) is 47.5 Å². The van der Waals surface area contributed by atoms with Crippen LogP contribution >= 0.6 is 11.6 Å². The second-order valence-electron chi connectivity index (χ2n) is 4.30. The number of rotatable bonds is 3. The number of aromatic nitrogens is 2. The van der Waals surface area contributed by atoms with E-state index in [0.29, 0.717) is 22.2 Å². The third kappa shape index (κ3) is 3.17. The third-order valence-electron chi connectivity index (χ3n) is 2.33. The predicted molar refractivity (Wildman–Crippen MR) is 67.7 cm³/mol. The first kappa shape index (κ1) is 12.8. The molecule has 2 aromatic heterocycles. The molecular formula is C13H12ClFN2O. The van der Waals surface area contributed by atoms with Crippen molar-refractivity contribution in [1.29, 1.82) is 0 Å². The van der Waals surface area contributed by atoms with Crippen LogP contribution in [-0.2, 0) is 5.67 Å².